The molecule has 0 bridgehead atoms. The summed E-state index contributed by atoms with van der Waals surface area (Å²) in [6.45, 7) is 3.35. The highest BCUT2D eigenvalue weighted by molar-refractivity contribution is 5.74. The molecule has 0 spiro atoms. The molecule has 25 heavy (non-hydrogen) atoms. The van der Waals surface area contributed by atoms with E-state index in [1.165, 1.54) is 12.0 Å². The van der Waals surface area contributed by atoms with Crippen LogP contribution >= 0.6 is 0 Å². The van der Waals surface area contributed by atoms with Crippen molar-refractivity contribution in [3.8, 4) is 0 Å². The SMILES string of the molecule is O=C(NCC1(O)CCCCC1)NC1CCN(Cc2ccccc2)CC1. The predicted octanol–water partition coefficient (Wildman–Crippen LogP) is 2.65. The fraction of sp³-hybridized carbons (Fsp3) is 0.650. The molecule has 1 aromatic carbocycles. The highest BCUT2D eigenvalue weighted by Crippen LogP contribution is 2.27. The molecule has 1 aromatic rings. The number of aliphatic hydroxyl groups is 1. The fourth-order valence-corrected chi connectivity index (χ4v) is 3.94. The molecule has 1 aliphatic heterocycles. The van der Waals surface area contributed by atoms with Crippen LogP contribution in [-0.2, 0) is 6.54 Å². The van der Waals surface area contributed by atoms with Crippen molar-refractivity contribution in [1.82, 2.24) is 15.5 Å². The minimum absolute atomic E-state index is 0.138. The van der Waals surface area contributed by atoms with Crippen molar-refractivity contribution in [1.29, 1.82) is 0 Å². The van der Waals surface area contributed by atoms with Gasteiger partial charge in [-0.15, -0.1) is 0 Å². The molecule has 1 heterocycles. The molecule has 3 rings (SSSR count). The second-order valence-electron chi connectivity index (χ2n) is 7.65. The van der Waals surface area contributed by atoms with Crippen LogP contribution in [-0.4, -0.2) is 47.3 Å². The van der Waals surface area contributed by atoms with E-state index >= 15 is 0 Å². The van der Waals surface area contributed by atoms with Crippen molar-refractivity contribution in [3.05, 3.63) is 35.9 Å². The Morgan fingerprint density at radius 2 is 1.80 bits per heavy atom. The van der Waals surface area contributed by atoms with E-state index in [2.05, 4.69) is 39.8 Å². The summed E-state index contributed by atoms with van der Waals surface area (Å²) >= 11 is 0. The van der Waals surface area contributed by atoms with Crippen LogP contribution < -0.4 is 10.6 Å². The van der Waals surface area contributed by atoms with Gasteiger partial charge >= 0.3 is 6.03 Å². The molecule has 0 unspecified atom stereocenters. The number of likely N-dealkylation sites (tertiary alicyclic amines) is 1. The molecule has 0 radical (unpaired) electrons. The molecule has 2 fully saturated rings. The molecule has 138 valence electrons. The zero-order valence-electron chi connectivity index (χ0n) is 15.0. The third kappa shape index (κ3) is 5.72. The summed E-state index contributed by atoms with van der Waals surface area (Å²) < 4.78 is 0. The zero-order valence-corrected chi connectivity index (χ0v) is 15.0. The molecule has 2 amide bonds. The number of amides is 2. The lowest BCUT2D eigenvalue weighted by Crippen LogP contribution is -2.51. The first-order valence-corrected chi connectivity index (χ1v) is 9.66. The maximum absolute atomic E-state index is 12.1. The molecule has 3 N–H and O–H groups in total. The van der Waals surface area contributed by atoms with Crippen molar-refractivity contribution in [2.24, 2.45) is 0 Å². The van der Waals surface area contributed by atoms with Crippen LogP contribution in [0.25, 0.3) is 0 Å². The van der Waals surface area contributed by atoms with Gasteiger partial charge in [0.15, 0.2) is 0 Å². The van der Waals surface area contributed by atoms with Gasteiger partial charge < -0.3 is 15.7 Å². The molecule has 1 saturated heterocycles. The van der Waals surface area contributed by atoms with Crippen LogP contribution in [0.1, 0.15) is 50.5 Å². The van der Waals surface area contributed by atoms with E-state index < -0.39 is 5.60 Å². The van der Waals surface area contributed by atoms with Gasteiger partial charge in [-0.05, 0) is 31.2 Å². The molecule has 2 aliphatic rings. The molecule has 5 nitrogen and oxygen atoms in total. The molecular weight excluding hydrogens is 314 g/mol. The minimum Gasteiger partial charge on any atom is -0.388 e. The maximum atomic E-state index is 12.1. The lowest BCUT2D eigenvalue weighted by atomic mass is 9.85. The van der Waals surface area contributed by atoms with Gasteiger partial charge in [-0.25, -0.2) is 4.79 Å². The van der Waals surface area contributed by atoms with Crippen LogP contribution in [0.5, 0.6) is 0 Å². The van der Waals surface area contributed by atoms with Gasteiger partial charge in [0.1, 0.15) is 0 Å². The summed E-state index contributed by atoms with van der Waals surface area (Å²) in [6.07, 6.45) is 6.85. The number of nitrogens with zero attached hydrogens (tertiary/aromatic N) is 1. The first-order chi connectivity index (χ1) is 12.1. The Morgan fingerprint density at radius 1 is 1.12 bits per heavy atom. The third-order valence-electron chi connectivity index (χ3n) is 5.53. The molecular formula is C20H31N3O2. The first-order valence-electron chi connectivity index (χ1n) is 9.66. The Balaban J connectivity index is 1.35. The number of rotatable bonds is 5. The quantitative estimate of drug-likeness (QED) is 0.769. The van der Waals surface area contributed by atoms with Gasteiger partial charge in [0, 0.05) is 32.2 Å². The normalized spacial score (nSPS) is 21.6. The van der Waals surface area contributed by atoms with E-state index in [-0.39, 0.29) is 12.1 Å². The van der Waals surface area contributed by atoms with E-state index in [1.807, 2.05) is 6.07 Å². The summed E-state index contributed by atoms with van der Waals surface area (Å²) in [5.74, 6) is 0. The van der Waals surface area contributed by atoms with E-state index in [0.717, 1.165) is 58.2 Å². The lowest BCUT2D eigenvalue weighted by molar-refractivity contribution is 0.00706. The molecule has 1 saturated carbocycles. The second kappa shape index (κ2) is 8.68. The Hall–Kier alpha value is -1.59. The van der Waals surface area contributed by atoms with Gasteiger partial charge in [-0.2, -0.15) is 0 Å². The number of urea groups is 1. The summed E-state index contributed by atoms with van der Waals surface area (Å²) in [4.78, 5) is 14.6. The van der Waals surface area contributed by atoms with Crippen molar-refractivity contribution in [3.63, 3.8) is 0 Å². The van der Waals surface area contributed by atoms with Crippen LogP contribution in [0, 0.1) is 0 Å². The maximum Gasteiger partial charge on any atom is 0.315 e. The molecule has 5 heteroatoms. The monoisotopic (exact) mass is 345 g/mol. The van der Waals surface area contributed by atoms with Crippen molar-refractivity contribution < 1.29 is 9.90 Å². The number of carbonyl (C=O) groups is 1. The number of piperidine rings is 1. The van der Waals surface area contributed by atoms with Crippen LogP contribution in [0.4, 0.5) is 4.79 Å². The van der Waals surface area contributed by atoms with E-state index in [9.17, 15) is 9.90 Å². The minimum atomic E-state index is -0.700. The summed E-state index contributed by atoms with van der Waals surface area (Å²) in [6, 6.07) is 10.6. The standard InChI is InChI=1S/C20H31N3O2/c24-19(21-16-20(25)11-5-2-6-12-20)22-18-9-13-23(14-10-18)15-17-7-3-1-4-8-17/h1,3-4,7-8,18,25H,2,5-6,9-16H2,(H2,21,22,24). The highest BCUT2D eigenvalue weighted by atomic mass is 16.3. The van der Waals surface area contributed by atoms with Crippen molar-refractivity contribution >= 4 is 6.03 Å². The van der Waals surface area contributed by atoms with Crippen LogP contribution in [0.2, 0.25) is 0 Å². The summed E-state index contributed by atoms with van der Waals surface area (Å²) in [5, 5.41) is 16.4. The molecule has 0 aromatic heterocycles. The molecule has 0 atom stereocenters. The predicted molar refractivity (Wildman–Crippen MR) is 99.3 cm³/mol. The van der Waals surface area contributed by atoms with E-state index in [1.54, 1.807) is 0 Å². The Kier molecular flexibility index (Phi) is 6.32. The van der Waals surface area contributed by atoms with Gasteiger partial charge in [0.05, 0.1) is 5.60 Å². The largest absolute Gasteiger partial charge is 0.388 e. The van der Waals surface area contributed by atoms with E-state index in [0.29, 0.717) is 6.54 Å². The second-order valence-corrected chi connectivity index (χ2v) is 7.65. The number of benzene rings is 1. The van der Waals surface area contributed by atoms with Crippen molar-refractivity contribution in [2.45, 2.75) is 63.1 Å². The highest BCUT2D eigenvalue weighted by Gasteiger charge is 2.30. The Bertz CT molecular complexity index is 535. The summed E-state index contributed by atoms with van der Waals surface area (Å²) in [5.41, 5.74) is 0.640. The smallest absolute Gasteiger partial charge is 0.315 e. The average Bonchev–Trinajstić information content (AvgIpc) is 2.63. The average molecular weight is 345 g/mol. The number of hydrogen-bond acceptors (Lipinski definition) is 3. The third-order valence-corrected chi connectivity index (χ3v) is 5.53. The van der Waals surface area contributed by atoms with Crippen LogP contribution in [0.3, 0.4) is 0 Å². The lowest BCUT2D eigenvalue weighted by Gasteiger charge is -2.34. The van der Waals surface area contributed by atoms with Crippen LogP contribution in [0.15, 0.2) is 30.3 Å². The number of nitrogens with one attached hydrogen (secondary N) is 2. The molecule has 1 aliphatic carbocycles. The zero-order chi connectivity index (χ0) is 17.5. The Morgan fingerprint density at radius 3 is 2.48 bits per heavy atom. The number of carbonyl (C=O) groups excluding carboxylic acids is 1. The van der Waals surface area contributed by atoms with E-state index in [4.69, 9.17) is 0 Å². The van der Waals surface area contributed by atoms with Gasteiger partial charge in [-0.1, -0.05) is 49.6 Å². The van der Waals surface area contributed by atoms with Gasteiger partial charge in [0.2, 0.25) is 0 Å². The van der Waals surface area contributed by atoms with Crippen molar-refractivity contribution in [2.75, 3.05) is 19.6 Å². The van der Waals surface area contributed by atoms with Gasteiger partial charge in [-0.3, -0.25) is 4.90 Å². The Labute approximate surface area is 150 Å². The fourth-order valence-electron chi connectivity index (χ4n) is 3.94. The summed E-state index contributed by atoms with van der Waals surface area (Å²) in [7, 11) is 0. The number of hydrogen-bond donors (Lipinski definition) is 3. The topological polar surface area (TPSA) is 64.6 Å². The van der Waals surface area contributed by atoms with Gasteiger partial charge in [0.25, 0.3) is 0 Å². The first kappa shape index (κ1) is 18.2.